The summed E-state index contributed by atoms with van der Waals surface area (Å²) in [6.07, 6.45) is 10.8. The molecule has 2 fully saturated rings. The monoisotopic (exact) mass is 331 g/mol. The highest BCUT2D eigenvalue weighted by Gasteiger charge is 2.30. The van der Waals surface area contributed by atoms with E-state index in [1.54, 1.807) is 6.20 Å². The molecule has 2 aliphatic rings. The molecule has 1 atom stereocenters. The fourth-order valence-electron chi connectivity index (χ4n) is 3.27. The van der Waals surface area contributed by atoms with Gasteiger partial charge in [0.05, 0.1) is 44.2 Å². The number of hydrogen-bond acceptors (Lipinski definition) is 5. The van der Waals surface area contributed by atoms with Gasteiger partial charge >= 0.3 is 0 Å². The Morgan fingerprint density at radius 2 is 2.21 bits per heavy atom. The first-order chi connectivity index (χ1) is 11.8. The second-order valence-corrected chi connectivity index (χ2v) is 6.27. The SMILES string of the molecule is C#CCN1CCC[C@H]1C(=O)Nc1cnn(CCN2CCOCC2)c1. The minimum absolute atomic E-state index is 0.00970. The molecular weight excluding hydrogens is 306 g/mol. The van der Waals surface area contributed by atoms with Crippen LogP contribution in [0.5, 0.6) is 0 Å². The molecule has 0 unspecified atom stereocenters. The molecular formula is C17H25N5O2. The van der Waals surface area contributed by atoms with Crippen LogP contribution in [0.25, 0.3) is 0 Å². The van der Waals surface area contributed by atoms with Crippen LogP contribution in [0.2, 0.25) is 0 Å². The Labute approximate surface area is 142 Å². The molecule has 7 nitrogen and oxygen atoms in total. The Balaban J connectivity index is 1.48. The maximum Gasteiger partial charge on any atom is 0.241 e. The zero-order valence-corrected chi connectivity index (χ0v) is 14.0. The van der Waals surface area contributed by atoms with E-state index in [4.69, 9.17) is 11.2 Å². The number of carbonyl (C=O) groups is 1. The van der Waals surface area contributed by atoms with Crippen molar-refractivity contribution < 1.29 is 9.53 Å². The molecule has 3 heterocycles. The van der Waals surface area contributed by atoms with Crippen molar-refractivity contribution in [1.82, 2.24) is 19.6 Å². The van der Waals surface area contributed by atoms with Crippen molar-refractivity contribution in [1.29, 1.82) is 0 Å². The molecule has 2 saturated heterocycles. The lowest BCUT2D eigenvalue weighted by Crippen LogP contribution is -2.39. The summed E-state index contributed by atoms with van der Waals surface area (Å²) in [5.41, 5.74) is 0.745. The van der Waals surface area contributed by atoms with E-state index in [1.165, 1.54) is 0 Å². The molecule has 1 amide bonds. The van der Waals surface area contributed by atoms with Crippen LogP contribution in [0.4, 0.5) is 5.69 Å². The summed E-state index contributed by atoms with van der Waals surface area (Å²) in [6.45, 7) is 6.71. The summed E-state index contributed by atoms with van der Waals surface area (Å²) in [7, 11) is 0. The average Bonchev–Trinajstić information content (AvgIpc) is 3.24. The quantitative estimate of drug-likeness (QED) is 0.757. The van der Waals surface area contributed by atoms with Crippen molar-refractivity contribution in [3.8, 4) is 12.3 Å². The Morgan fingerprint density at radius 1 is 1.38 bits per heavy atom. The molecule has 0 saturated carbocycles. The van der Waals surface area contributed by atoms with Crippen LogP contribution in [0.15, 0.2) is 12.4 Å². The van der Waals surface area contributed by atoms with Gasteiger partial charge in [0.15, 0.2) is 0 Å². The summed E-state index contributed by atoms with van der Waals surface area (Å²) >= 11 is 0. The Kier molecular flexibility index (Phi) is 5.86. The lowest BCUT2D eigenvalue weighted by atomic mass is 10.2. The second kappa shape index (κ2) is 8.29. The molecule has 0 bridgehead atoms. The number of ether oxygens (including phenoxy) is 1. The number of anilines is 1. The van der Waals surface area contributed by atoms with Crippen LogP contribution in [-0.2, 0) is 16.1 Å². The zero-order valence-electron chi connectivity index (χ0n) is 14.0. The largest absolute Gasteiger partial charge is 0.379 e. The highest BCUT2D eigenvalue weighted by molar-refractivity contribution is 5.94. The van der Waals surface area contributed by atoms with Crippen LogP contribution in [0.3, 0.4) is 0 Å². The second-order valence-electron chi connectivity index (χ2n) is 6.27. The van der Waals surface area contributed by atoms with E-state index in [1.807, 2.05) is 10.9 Å². The molecule has 0 spiro atoms. The van der Waals surface area contributed by atoms with Crippen molar-refractivity contribution >= 4 is 11.6 Å². The normalized spacial score (nSPS) is 22.4. The van der Waals surface area contributed by atoms with E-state index in [0.29, 0.717) is 6.54 Å². The van der Waals surface area contributed by atoms with E-state index in [0.717, 1.165) is 64.5 Å². The predicted molar refractivity (Wildman–Crippen MR) is 91.5 cm³/mol. The fourth-order valence-corrected chi connectivity index (χ4v) is 3.27. The van der Waals surface area contributed by atoms with E-state index in [9.17, 15) is 4.79 Å². The molecule has 0 aromatic carbocycles. The number of nitrogens with zero attached hydrogens (tertiary/aromatic N) is 4. The molecule has 1 N–H and O–H groups in total. The van der Waals surface area contributed by atoms with Crippen LogP contribution < -0.4 is 5.32 Å². The molecule has 2 aliphatic heterocycles. The maximum absolute atomic E-state index is 12.4. The summed E-state index contributed by atoms with van der Waals surface area (Å²) < 4.78 is 7.22. The third-order valence-corrected chi connectivity index (χ3v) is 4.61. The number of amides is 1. The molecule has 24 heavy (non-hydrogen) atoms. The van der Waals surface area contributed by atoms with Gasteiger partial charge in [0.25, 0.3) is 0 Å². The highest BCUT2D eigenvalue weighted by atomic mass is 16.5. The summed E-state index contributed by atoms with van der Waals surface area (Å²) in [4.78, 5) is 16.8. The number of nitrogens with one attached hydrogen (secondary N) is 1. The molecule has 0 aliphatic carbocycles. The van der Waals surface area contributed by atoms with Crippen molar-refractivity contribution in [2.24, 2.45) is 0 Å². The molecule has 1 aromatic rings. The number of rotatable bonds is 6. The van der Waals surface area contributed by atoms with Gasteiger partial charge in [-0.05, 0) is 19.4 Å². The van der Waals surface area contributed by atoms with Gasteiger partial charge in [0, 0.05) is 25.8 Å². The number of likely N-dealkylation sites (tertiary alicyclic amines) is 1. The summed E-state index contributed by atoms with van der Waals surface area (Å²) in [6, 6.07) is -0.127. The van der Waals surface area contributed by atoms with Gasteiger partial charge in [0.1, 0.15) is 0 Å². The number of carbonyl (C=O) groups excluding carboxylic acids is 1. The van der Waals surface area contributed by atoms with Crippen molar-refractivity contribution in [2.45, 2.75) is 25.4 Å². The van der Waals surface area contributed by atoms with Gasteiger partial charge in [-0.25, -0.2) is 0 Å². The number of terminal acetylenes is 1. The van der Waals surface area contributed by atoms with E-state index in [2.05, 4.69) is 26.1 Å². The molecule has 7 heteroatoms. The predicted octanol–water partition coefficient (Wildman–Crippen LogP) is 0.251. The highest BCUT2D eigenvalue weighted by Crippen LogP contribution is 2.18. The first-order valence-electron chi connectivity index (χ1n) is 8.57. The minimum atomic E-state index is -0.127. The van der Waals surface area contributed by atoms with E-state index in [-0.39, 0.29) is 11.9 Å². The standard InChI is InChI=1S/C17H25N5O2/c1-2-5-21-6-3-4-16(21)17(23)19-15-13-18-22(14-15)8-7-20-9-11-24-12-10-20/h1,13-14,16H,3-12H2,(H,19,23)/t16-/m0/s1. The smallest absolute Gasteiger partial charge is 0.241 e. The Bertz CT molecular complexity index is 588. The number of aromatic nitrogens is 2. The first kappa shape index (κ1) is 17.0. The van der Waals surface area contributed by atoms with Gasteiger partial charge in [-0.2, -0.15) is 5.10 Å². The fraction of sp³-hybridized carbons (Fsp3) is 0.647. The topological polar surface area (TPSA) is 62.6 Å². The zero-order chi connectivity index (χ0) is 16.8. The third kappa shape index (κ3) is 4.35. The first-order valence-corrected chi connectivity index (χ1v) is 8.57. The third-order valence-electron chi connectivity index (χ3n) is 4.61. The van der Waals surface area contributed by atoms with E-state index >= 15 is 0 Å². The summed E-state index contributed by atoms with van der Waals surface area (Å²) in [5.74, 6) is 2.64. The van der Waals surface area contributed by atoms with Gasteiger partial charge in [-0.15, -0.1) is 6.42 Å². The van der Waals surface area contributed by atoms with Crippen LogP contribution >= 0.6 is 0 Å². The van der Waals surface area contributed by atoms with Gasteiger partial charge < -0.3 is 10.1 Å². The lowest BCUT2D eigenvalue weighted by molar-refractivity contribution is -0.120. The maximum atomic E-state index is 12.4. The van der Waals surface area contributed by atoms with Crippen molar-refractivity contribution in [3.05, 3.63) is 12.4 Å². The number of morpholine rings is 1. The van der Waals surface area contributed by atoms with Gasteiger partial charge in [-0.3, -0.25) is 19.3 Å². The Morgan fingerprint density at radius 3 is 3.00 bits per heavy atom. The van der Waals surface area contributed by atoms with Crippen molar-refractivity contribution in [2.75, 3.05) is 51.3 Å². The average molecular weight is 331 g/mol. The van der Waals surface area contributed by atoms with Crippen molar-refractivity contribution in [3.63, 3.8) is 0 Å². The number of hydrogen-bond donors (Lipinski definition) is 1. The van der Waals surface area contributed by atoms with E-state index < -0.39 is 0 Å². The lowest BCUT2D eigenvalue weighted by Gasteiger charge is -2.26. The molecule has 0 radical (unpaired) electrons. The minimum Gasteiger partial charge on any atom is -0.379 e. The van der Waals surface area contributed by atoms with Crippen LogP contribution in [-0.4, -0.2) is 77.5 Å². The van der Waals surface area contributed by atoms with Gasteiger partial charge in [0.2, 0.25) is 5.91 Å². The van der Waals surface area contributed by atoms with Crippen LogP contribution in [0.1, 0.15) is 12.8 Å². The van der Waals surface area contributed by atoms with Crippen LogP contribution in [0, 0.1) is 12.3 Å². The molecule has 1 aromatic heterocycles. The molecule has 130 valence electrons. The summed E-state index contributed by atoms with van der Waals surface area (Å²) in [5, 5.41) is 7.30. The molecule has 3 rings (SSSR count). The Hall–Kier alpha value is -1.88. The van der Waals surface area contributed by atoms with Gasteiger partial charge in [-0.1, -0.05) is 5.92 Å².